The maximum atomic E-state index is 10.9. The molecule has 1 rings (SSSR count). The molecule has 0 radical (unpaired) electrons. The fourth-order valence-electron chi connectivity index (χ4n) is 1.18. The standard InChI is InChI=1S/C11H14N2O2/c1-6-11(3,4)15-10-9(7-14)8(2)12-13(10)5/h1,7H,2-5H3. The van der Waals surface area contributed by atoms with Gasteiger partial charge in [0.15, 0.2) is 11.9 Å². The second-order valence-corrected chi connectivity index (χ2v) is 3.80. The van der Waals surface area contributed by atoms with E-state index in [-0.39, 0.29) is 0 Å². The highest BCUT2D eigenvalue weighted by molar-refractivity contribution is 5.80. The molecule has 0 aliphatic carbocycles. The van der Waals surface area contributed by atoms with E-state index >= 15 is 0 Å². The van der Waals surface area contributed by atoms with Gasteiger partial charge in [-0.25, -0.2) is 4.68 Å². The summed E-state index contributed by atoms with van der Waals surface area (Å²) in [7, 11) is 1.71. The Labute approximate surface area is 89.2 Å². The third-order valence-corrected chi connectivity index (χ3v) is 2.03. The van der Waals surface area contributed by atoms with Crippen molar-refractivity contribution in [2.24, 2.45) is 7.05 Å². The second kappa shape index (κ2) is 3.77. The highest BCUT2D eigenvalue weighted by atomic mass is 16.5. The number of aromatic nitrogens is 2. The van der Waals surface area contributed by atoms with Crippen LogP contribution in [0.2, 0.25) is 0 Å². The van der Waals surface area contributed by atoms with Gasteiger partial charge in [-0.15, -0.1) is 6.42 Å². The number of rotatable bonds is 3. The summed E-state index contributed by atoms with van der Waals surface area (Å²) in [5.41, 5.74) is 0.328. The van der Waals surface area contributed by atoms with Crippen molar-refractivity contribution in [2.45, 2.75) is 26.4 Å². The lowest BCUT2D eigenvalue weighted by molar-refractivity contribution is 0.110. The average Bonchev–Trinajstić information content (AvgIpc) is 2.41. The Bertz CT molecular complexity index is 425. The Balaban J connectivity index is 3.16. The van der Waals surface area contributed by atoms with Gasteiger partial charge in [-0.3, -0.25) is 4.79 Å². The van der Waals surface area contributed by atoms with Crippen LogP contribution in [0.1, 0.15) is 29.9 Å². The van der Waals surface area contributed by atoms with Crippen molar-refractivity contribution in [3.05, 3.63) is 11.3 Å². The average molecular weight is 206 g/mol. The Morgan fingerprint density at radius 3 is 2.67 bits per heavy atom. The topological polar surface area (TPSA) is 44.1 Å². The fraction of sp³-hybridized carbons (Fsp3) is 0.455. The lowest BCUT2D eigenvalue weighted by Gasteiger charge is -2.20. The summed E-state index contributed by atoms with van der Waals surface area (Å²) in [5.74, 6) is 2.91. The molecule has 0 aromatic carbocycles. The van der Waals surface area contributed by atoms with Crippen molar-refractivity contribution in [1.82, 2.24) is 9.78 Å². The molecule has 0 aliphatic heterocycles. The first-order chi connectivity index (χ1) is 6.91. The van der Waals surface area contributed by atoms with Crippen LogP contribution >= 0.6 is 0 Å². The number of carbonyl (C=O) groups is 1. The normalized spacial score (nSPS) is 10.9. The van der Waals surface area contributed by atoms with Gasteiger partial charge in [0.2, 0.25) is 5.88 Å². The van der Waals surface area contributed by atoms with Gasteiger partial charge in [0, 0.05) is 7.05 Å². The number of carbonyl (C=O) groups excluding carboxylic acids is 1. The highest BCUT2D eigenvalue weighted by Gasteiger charge is 2.22. The van der Waals surface area contributed by atoms with E-state index in [0.29, 0.717) is 17.1 Å². The van der Waals surface area contributed by atoms with Gasteiger partial charge < -0.3 is 4.74 Å². The maximum absolute atomic E-state index is 10.9. The number of hydrogen-bond acceptors (Lipinski definition) is 3. The van der Waals surface area contributed by atoms with E-state index in [1.54, 1.807) is 27.8 Å². The molecule has 0 saturated heterocycles. The molecule has 0 fully saturated rings. The molecule has 15 heavy (non-hydrogen) atoms. The molecule has 0 bridgehead atoms. The zero-order chi connectivity index (χ0) is 11.6. The van der Waals surface area contributed by atoms with E-state index in [0.717, 1.165) is 6.29 Å². The summed E-state index contributed by atoms with van der Waals surface area (Å²) < 4.78 is 7.07. The molecule has 1 heterocycles. The third-order valence-electron chi connectivity index (χ3n) is 2.03. The van der Waals surface area contributed by atoms with E-state index < -0.39 is 5.60 Å². The van der Waals surface area contributed by atoms with Gasteiger partial charge in [-0.2, -0.15) is 5.10 Å². The second-order valence-electron chi connectivity index (χ2n) is 3.80. The van der Waals surface area contributed by atoms with Crippen molar-refractivity contribution >= 4 is 6.29 Å². The van der Waals surface area contributed by atoms with Crippen LogP contribution in [0.3, 0.4) is 0 Å². The molecular formula is C11H14N2O2. The molecule has 0 atom stereocenters. The van der Waals surface area contributed by atoms with Crippen LogP contribution in [0.15, 0.2) is 0 Å². The van der Waals surface area contributed by atoms with Crippen LogP contribution < -0.4 is 4.74 Å². The van der Waals surface area contributed by atoms with E-state index in [9.17, 15) is 4.79 Å². The third kappa shape index (κ3) is 2.18. The molecule has 0 aliphatic rings. The van der Waals surface area contributed by atoms with E-state index in [1.165, 1.54) is 4.68 Å². The number of nitrogens with zero attached hydrogens (tertiary/aromatic N) is 2. The Morgan fingerprint density at radius 2 is 2.20 bits per heavy atom. The maximum Gasteiger partial charge on any atom is 0.224 e. The Kier molecular flexibility index (Phi) is 2.85. The molecule has 4 heteroatoms. The largest absolute Gasteiger partial charge is 0.458 e. The predicted octanol–water partition coefficient (Wildman–Crippen LogP) is 1.33. The molecule has 0 N–H and O–H groups in total. The summed E-state index contributed by atoms with van der Waals surface area (Å²) in [6.07, 6.45) is 6.04. The van der Waals surface area contributed by atoms with E-state index in [1.807, 2.05) is 0 Å². The fourth-order valence-corrected chi connectivity index (χ4v) is 1.18. The predicted molar refractivity (Wildman–Crippen MR) is 56.9 cm³/mol. The summed E-state index contributed by atoms with van der Waals surface area (Å²) in [5, 5.41) is 4.09. The van der Waals surface area contributed by atoms with Crippen molar-refractivity contribution in [2.75, 3.05) is 0 Å². The smallest absolute Gasteiger partial charge is 0.224 e. The minimum Gasteiger partial charge on any atom is -0.458 e. The van der Waals surface area contributed by atoms with Gasteiger partial charge in [0.1, 0.15) is 0 Å². The first-order valence-electron chi connectivity index (χ1n) is 4.57. The van der Waals surface area contributed by atoms with Crippen molar-refractivity contribution < 1.29 is 9.53 Å². The molecule has 1 aromatic heterocycles. The molecular weight excluding hydrogens is 192 g/mol. The first-order valence-corrected chi connectivity index (χ1v) is 4.57. The number of aryl methyl sites for hydroxylation is 2. The number of terminal acetylenes is 1. The van der Waals surface area contributed by atoms with E-state index in [2.05, 4.69) is 11.0 Å². The SMILES string of the molecule is C#CC(C)(C)Oc1c(C=O)c(C)nn1C. The Morgan fingerprint density at radius 1 is 1.60 bits per heavy atom. The van der Waals surface area contributed by atoms with Crippen LogP contribution in [0, 0.1) is 19.3 Å². The van der Waals surface area contributed by atoms with Gasteiger partial charge in [-0.1, -0.05) is 5.92 Å². The minimum atomic E-state index is -0.752. The summed E-state index contributed by atoms with van der Waals surface area (Å²) in [6.45, 7) is 5.26. The van der Waals surface area contributed by atoms with Crippen LogP contribution in [0.4, 0.5) is 0 Å². The van der Waals surface area contributed by atoms with Crippen molar-refractivity contribution in [3.63, 3.8) is 0 Å². The monoisotopic (exact) mass is 206 g/mol. The van der Waals surface area contributed by atoms with Gasteiger partial charge in [0.25, 0.3) is 0 Å². The zero-order valence-corrected chi connectivity index (χ0v) is 9.37. The molecule has 0 saturated carbocycles. The highest BCUT2D eigenvalue weighted by Crippen LogP contribution is 2.23. The number of aldehydes is 1. The molecule has 80 valence electrons. The summed E-state index contributed by atoms with van der Waals surface area (Å²) >= 11 is 0. The molecule has 0 spiro atoms. The summed E-state index contributed by atoms with van der Waals surface area (Å²) in [6, 6.07) is 0. The van der Waals surface area contributed by atoms with Crippen LogP contribution in [-0.4, -0.2) is 21.7 Å². The molecule has 1 aromatic rings. The van der Waals surface area contributed by atoms with Gasteiger partial charge in [0.05, 0.1) is 11.3 Å². The molecule has 4 nitrogen and oxygen atoms in total. The first kappa shape index (κ1) is 11.3. The Hall–Kier alpha value is -1.76. The van der Waals surface area contributed by atoms with Gasteiger partial charge >= 0.3 is 0 Å². The zero-order valence-electron chi connectivity index (χ0n) is 9.37. The van der Waals surface area contributed by atoms with Crippen LogP contribution in [0.5, 0.6) is 5.88 Å². The van der Waals surface area contributed by atoms with Crippen molar-refractivity contribution in [1.29, 1.82) is 0 Å². The number of ether oxygens (including phenoxy) is 1. The van der Waals surface area contributed by atoms with Crippen molar-refractivity contribution in [3.8, 4) is 18.2 Å². The lowest BCUT2D eigenvalue weighted by atomic mass is 10.1. The van der Waals surface area contributed by atoms with Crippen LogP contribution in [-0.2, 0) is 7.05 Å². The molecule has 0 unspecified atom stereocenters. The lowest BCUT2D eigenvalue weighted by Crippen LogP contribution is -2.27. The van der Waals surface area contributed by atoms with E-state index in [4.69, 9.17) is 11.2 Å². The quantitative estimate of drug-likeness (QED) is 0.553. The minimum absolute atomic E-state index is 0.408. The summed E-state index contributed by atoms with van der Waals surface area (Å²) in [4.78, 5) is 10.9. The van der Waals surface area contributed by atoms with Gasteiger partial charge in [-0.05, 0) is 20.8 Å². The number of hydrogen-bond donors (Lipinski definition) is 0. The van der Waals surface area contributed by atoms with Crippen LogP contribution in [0.25, 0.3) is 0 Å². The molecule has 0 amide bonds.